The molecule has 0 fully saturated rings. The van der Waals surface area contributed by atoms with Gasteiger partial charge in [0.2, 0.25) is 35.4 Å². The van der Waals surface area contributed by atoms with Crippen LogP contribution in [0.1, 0.15) is 65.2 Å². The average molecular weight is 763 g/mol. The van der Waals surface area contributed by atoms with Crippen molar-refractivity contribution in [1.82, 2.24) is 31.9 Å². The van der Waals surface area contributed by atoms with Gasteiger partial charge >= 0.3 is 5.97 Å². The van der Waals surface area contributed by atoms with Gasteiger partial charge in [-0.2, -0.15) is 12.6 Å². The molecule has 0 radical (unpaired) electrons. The highest BCUT2D eigenvalue weighted by atomic mass is 32.1. The highest BCUT2D eigenvalue weighted by Gasteiger charge is 2.33. The number of hydrogen-bond donors (Lipinski definition) is 14. The molecular formula is C30H58N12O9S. The Morgan fingerprint density at radius 2 is 1.17 bits per heavy atom. The molecule has 0 heterocycles. The van der Waals surface area contributed by atoms with E-state index in [0.29, 0.717) is 38.8 Å². The van der Waals surface area contributed by atoms with Gasteiger partial charge in [-0.15, -0.1) is 0 Å². The van der Waals surface area contributed by atoms with Crippen LogP contribution in [0, 0.1) is 0 Å². The third-order valence-electron chi connectivity index (χ3n) is 7.45. The number of aliphatic imine (C=N–C) groups is 1. The van der Waals surface area contributed by atoms with E-state index >= 15 is 0 Å². The third kappa shape index (κ3) is 20.0. The van der Waals surface area contributed by atoms with Crippen molar-refractivity contribution in [3.63, 3.8) is 0 Å². The Morgan fingerprint density at radius 1 is 0.673 bits per heavy atom. The number of aliphatic hydroxyl groups excluding tert-OH is 1. The topological polar surface area (TPSA) is 375 Å². The van der Waals surface area contributed by atoms with Gasteiger partial charge in [0.05, 0.1) is 18.7 Å². The number of guanidine groups is 1. The fourth-order valence-corrected chi connectivity index (χ4v) is 4.77. The molecule has 0 spiro atoms. The quantitative estimate of drug-likeness (QED) is 0.0161. The van der Waals surface area contributed by atoms with Crippen LogP contribution in [0.4, 0.5) is 0 Å². The molecule has 0 saturated heterocycles. The van der Waals surface area contributed by atoms with Crippen LogP contribution in [0.5, 0.6) is 0 Å². The van der Waals surface area contributed by atoms with Gasteiger partial charge in [-0.1, -0.05) is 0 Å². The van der Waals surface area contributed by atoms with Crippen molar-refractivity contribution in [2.75, 3.05) is 31.9 Å². The summed E-state index contributed by atoms with van der Waals surface area (Å²) in [6, 6.07) is -7.37. The molecule has 0 bridgehead atoms. The highest BCUT2D eigenvalue weighted by molar-refractivity contribution is 7.80. The van der Waals surface area contributed by atoms with E-state index in [1.54, 1.807) is 0 Å². The Morgan fingerprint density at radius 3 is 1.65 bits per heavy atom. The Bertz CT molecular complexity index is 1200. The predicted octanol–water partition coefficient (Wildman–Crippen LogP) is -5.42. The second kappa shape index (κ2) is 26.5. The van der Waals surface area contributed by atoms with Crippen LogP contribution in [0.2, 0.25) is 0 Å². The van der Waals surface area contributed by atoms with Gasteiger partial charge in [0.15, 0.2) is 5.96 Å². The van der Waals surface area contributed by atoms with Gasteiger partial charge in [0, 0.05) is 12.3 Å². The zero-order valence-corrected chi connectivity index (χ0v) is 30.7. The molecule has 21 nitrogen and oxygen atoms in total. The molecule has 0 aromatic carbocycles. The van der Waals surface area contributed by atoms with E-state index < -0.39 is 90.3 Å². The van der Waals surface area contributed by atoms with E-state index in [9.17, 15) is 43.8 Å². The first-order valence-electron chi connectivity index (χ1n) is 17.0. The second-order valence-electron chi connectivity index (χ2n) is 12.1. The second-order valence-corrected chi connectivity index (χ2v) is 12.4. The Hall–Kier alpha value is -4.25. The SMILES string of the molecule is C[C@H](N)C(=O)N[C@H](C(=O)N[C@@H](CCCCN)C(=O)N[C@@H](CS)C(=O)N[C@@H](CCCCN)C(=O)NCC(=O)N[C@@H](CCCN=C(N)N)C(=O)O)[C@@H](C)O. The number of rotatable bonds is 27. The van der Waals surface area contributed by atoms with Crippen molar-refractivity contribution in [2.45, 2.75) is 108 Å². The number of unbranched alkanes of at least 4 members (excludes halogenated alkanes) is 2. The van der Waals surface area contributed by atoms with Crippen molar-refractivity contribution in [3.8, 4) is 0 Å². The van der Waals surface area contributed by atoms with Crippen molar-refractivity contribution < 1.29 is 43.8 Å². The van der Waals surface area contributed by atoms with E-state index in [4.69, 9.17) is 28.7 Å². The zero-order valence-electron chi connectivity index (χ0n) is 29.8. The minimum absolute atomic E-state index is 0.0171. The molecular weight excluding hydrogens is 704 g/mol. The first-order chi connectivity index (χ1) is 24.5. The molecule has 0 aliphatic heterocycles. The number of nitrogens with one attached hydrogen (secondary N) is 6. The summed E-state index contributed by atoms with van der Waals surface area (Å²) in [5.74, 6) is -6.39. The molecule has 0 aromatic rings. The molecule has 7 atom stereocenters. The van der Waals surface area contributed by atoms with Crippen molar-refractivity contribution >= 4 is 60.0 Å². The molecule has 18 N–H and O–H groups in total. The lowest BCUT2D eigenvalue weighted by Gasteiger charge is -2.27. The predicted molar refractivity (Wildman–Crippen MR) is 195 cm³/mol. The zero-order chi connectivity index (χ0) is 39.8. The number of carboxylic acids is 1. The molecule has 298 valence electrons. The van der Waals surface area contributed by atoms with Crippen molar-refractivity contribution in [2.24, 2.45) is 33.7 Å². The molecule has 0 unspecified atom stereocenters. The maximum Gasteiger partial charge on any atom is 0.326 e. The van der Waals surface area contributed by atoms with E-state index in [2.05, 4.69) is 49.5 Å². The van der Waals surface area contributed by atoms with Gasteiger partial charge in [0.1, 0.15) is 30.2 Å². The lowest BCUT2D eigenvalue weighted by atomic mass is 10.1. The highest BCUT2D eigenvalue weighted by Crippen LogP contribution is 2.06. The Kier molecular flexibility index (Phi) is 24.3. The lowest BCUT2D eigenvalue weighted by Crippen LogP contribution is -2.60. The van der Waals surface area contributed by atoms with E-state index in [1.807, 2.05) is 0 Å². The van der Waals surface area contributed by atoms with Crippen LogP contribution in [-0.4, -0.2) is 132 Å². The van der Waals surface area contributed by atoms with Gasteiger partial charge in [-0.05, 0) is 78.3 Å². The number of aliphatic carboxylic acids is 1. The number of hydrogen-bond acceptors (Lipinski definition) is 13. The molecule has 0 aromatic heterocycles. The molecule has 6 amide bonds. The van der Waals surface area contributed by atoms with Gasteiger partial charge in [-0.25, -0.2) is 4.79 Å². The van der Waals surface area contributed by atoms with E-state index in [-0.39, 0.29) is 43.9 Å². The first kappa shape index (κ1) is 47.8. The molecule has 52 heavy (non-hydrogen) atoms. The number of nitrogens with zero attached hydrogens (tertiary/aromatic N) is 1. The number of thiol groups is 1. The van der Waals surface area contributed by atoms with Crippen LogP contribution in [0.3, 0.4) is 0 Å². The van der Waals surface area contributed by atoms with E-state index in [1.165, 1.54) is 13.8 Å². The van der Waals surface area contributed by atoms with Crippen LogP contribution in [0.15, 0.2) is 4.99 Å². The monoisotopic (exact) mass is 762 g/mol. The number of nitrogens with two attached hydrogens (primary N) is 5. The fraction of sp³-hybridized carbons (Fsp3) is 0.733. The first-order valence-corrected chi connectivity index (χ1v) is 17.6. The maximum atomic E-state index is 13.4. The molecule has 0 saturated carbocycles. The average Bonchev–Trinajstić information content (AvgIpc) is 3.08. The lowest BCUT2D eigenvalue weighted by molar-refractivity contribution is -0.142. The smallest absolute Gasteiger partial charge is 0.326 e. The summed E-state index contributed by atoms with van der Waals surface area (Å²) in [4.78, 5) is 92.8. The fourth-order valence-electron chi connectivity index (χ4n) is 4.51. The number of amides is 6. The standard InChI is InChI=1S/C30H58N12O9S/c1-16(33)24(45)42-23(17(2)43)28(49)40-19(9-4-6-12-32)26(47)41-21(15-52)27(48)39-18(8-3-5-11-31)25(46)37-14-22(44)38-20(29(50)51)10-7-13-36-30(34)35/h16-21,23,43,52H,3-15,31-33H2,1-2H3,(H,37,46)(H,38,44)(H,39,48)(H,40,49)(H,41,47)(H,42,45)(H,50,51)(H4,34,35,36)/t16-,17+,18-,19-,20-,21-,23-/m0/s1. The summed E-state index contributed by atoms with van der Waals surface area (Å²) in [6.07, 6.45) is 0.960. The Labute approximate surface area is 308 Å². The molecule has 0 aliphatic carbocycles. The summed E-state index contributed by atoms with van der Waals surface area (Å²) >= 11 is 4.18. The Balaban J connectivity index is 5.70. The minimum Gasteiger partial charge on any atom is -0.480 e. The number of carbonyl (C=O) groups is 7. The third-order valence-corrected chi connectivity index (χ3v) is 7.82. The summed E-state index contributed by atoms with van der Waals surface area (Å²) < 4.78 is 0. The van der Waals surface area contributed by atoms with Crippen molar-refractivity contribution in [3.05, 3.63) is 0 Å². The van der Waals surface area contributed by atoms with Crippen LogP contribution < -0.4 is 60.6 Å². The van der Waals surface area contributed by atoms with Crippen molar-refractivity contribution in [1.29, 1.82) is 0 Å². The molecule has 22 heteroatoms. The van der Waals surface area contributed by atoms with E-state index in [0.717, 1.165) is 0 Å². The number of carboxylic acid groups (broad SMARTS) is 1. The molecule has 0 aliphatic rings. The number of aliphatic hydroxyl groups is 1. The van der Waals surface area contributed by atoms with Gasteiger partial charge < -0.3 is 70.8 Å². The van der Waals surface area contributed by atoms with Gasteiger partial charge in [0.25, 0.3) is 0 Å². The normalized spacial score (nSPS) is 14.9. The summed E-state index contributed by atoms with van der Waals surface area (Å²) in [5, 5.41) is 34.2. The number of carbonyl (C=O) groups excluding carboxylic acids is 6. The largest absolute Gasteiger partial charge is 0.480 e. The van der Waals surface area contributed by atoms with Crippen LogP contribution in [0.25, 0.3) is 0 Å². The van der Waals surface area contributed by atoms with Crippen LogP contribution in [-0.2, 0) is 33.6 Å². The summed E-state index contributed by atoms with van der Waals surface area (Å²) in [7, 11) is 0. The minimum atomic E-state index is -1.44. The maximum absolute atomic E-state index is 13.4. The van der Waals surface area contributed by atoms with Gasteiger partial charge in [-0.3, -0.25) is 33.8 Å². The summed E-state index contributed by atoms with van der Waals surface area (Å²) in [5.41, 5.74) is 27.2. The summed E-state index contributed by atoms with van der Waals surface area (Å²) in [6.45, 7) is 2.82. The van der Waals surface area contributed by atoms with Crippen LogP contribution >= 0.6 is 12.6 Å². The molecule has 0 rings (SSSR count).